The summed E-state index contributed by atoms with van der Waals surface area (Å²) in [6.07, 6.45) is 2.72. The van der Waals surface area contributed by atoms with Crippen molar-refractivity contribution in [1.29, 1.82) is 0 Å². The third kappa shape index (κ3) is 4.35. The highest BCUT2D eigenvalue weighted by molar-refractivity contribution is 5.92. The second kappa shape index (κ2) is 8.43. The molecule has 4 rings (SSSR count). The fraction of sp³-hybridized carbons (Fsp3) is 0.136. The molecule has 0 aliphatic rings. The summed E-state index contributed by atoms with van der Waals surface area (Å²) in [4.78, 5) is 15.6. The normalized spacial score (nSPS) is 10.7. The molecule has 146 valence electrons. The van der Waals surface area contributed by atoms with Crippen LogP contribution in [0.5, 0.6) is 5.75 Å². The fourth-order valence-electron chi connectivity index (χ4n) is 3.11. The van der Waals surface area contributed by atoms with E-state index in [9.17, 15) is 4.79 Å². The van der Waals surface area contributed by atoms with Crippen LogP contribution in [0.15, 0.2) is 66.9 Å². The summed E-state index contributed by atoms with van der Waals surface area (Å²) in [6, 6.07) is 19.0. The highest BCUT2D eigenvalue weighted by atomic mass is 16.5. The van der Waals surface area contributed by atoms with Gasteiger partial charge in [0.1, 0.15) is 5.75 Å². The lowest BCUT2D eigenvalue weighted by Gasteiger charge is -2.08. The van der Waals surface area contributed by atoms with Gasteiger partial charge in [0.2, 0.25) is 0 Å². The van der Waals surface area contributed by atoms with E-state index >= 15 is 0 Å². The molecule has 7 nitrogen and oxygen atoms in total. The second-order valence-electron chi connectivity index (χ2n) is 6.53. The summed E-state index contributed by atoms with van der Waals surface area (Å²) in [5.41, 5.74) is 3.37. The number of hydrogen-bond donors (Lipinski definition) is 3. The molecule has 0 saturated carbocycles. The van der Waals surface area contributed by atoms with Crippen LogP contribution in [0.1, 0.15) is 16.1 Å². The van der Waals surface area contributed by atoms with E-state index in [1.807, 2.05) is 48.7 Å². The first-order valence-corrected chi connectivity index (χ1v) is 9.31. The Morgan fingerprint density at radius 2 is 1.97 bits per heavy atom. The maximum absolute atomic E-state index is 12.3. The minimum absolute atomic E-state index is 0.245. The molecule has 4 aromatic rings. The number of rotatable bonds is 7. The Bertz CT molecular complexity index is 1120. The number of anilines is 2. The molecule has 0 aliphatic heterocycles. The lowest BCUT2D eigenvalue weighted by Crippen LogP contribution is -2.26. The summed E-state index contributed by atoms with van der Waals surface area (Å²) >= 11 is 0. The highest BCUT2D eigenvalue weighted by Crippen LogP contribution is 2.20. The minimum Gasteiger partial charge on any atom is -0.497 e. The van der Waals surface area contributed by atoms with Crippen molar-refractivity contribution < 1.29 is 9.53 Å². The standard InChI is InChI=1S/C22H21N5O2/c1-29-17-6-4-5-16(13-17)25-21-10-9-20(26-27-21)22(28)23-12-11-15-14-24-19-8-3-2-7-18(15)19/h2-10,13-14,24H,11-12H2,1H3,(H,23,28)(H,25,27). The Kier molecular flexibility index (Phi) is 5.38. The first kappa shape index (κ1) is 18.5. The number of fused-ring (bicyclic) bond motifs is 1. The smallest absolute Gasteiger partial charge is 0.271 e. The first-order valence-electron chi connectivity index (χ1n) is 9.31. The van der Waals surface area contributed by atoms with Crippen molar-refractivity contribution in [3.05, 3.63) is 78.1 Å². The van der Waals surface area contributed by atoms with Gasteiger partial charge in [-0.25, -0.2) is 0 Å². The fourth-order valence-corrected chi connectivity index (χ4v) is 3.11. The van der Waals surface area contributed by atoms with Gasteiger partial charge in [-0.1, -0.05) is 24.3 Å². The monoisotopic (exact) mass is 387 g/mol. The van der Waals surface area contributed by atoms with Crippen LogP contribution in [0, 0.1) is 0 Å². The molecule has 2 aromatic carbocycles. The number of carbonyl (C=O) groups excluding carboxylic acids is 1. The third-order valence-corrected chi connectivity index (χ3v) is 4.59. The van der Waals surface area contributed by atoms with E-state index in [-0.39, 0.29) is 11.6 Å². The quantitative estimate of drug-likeness (QED) is 0.450. The van der Waals surface area contributed by atoms with E-state index in [0.717, 1.165) is 23.4 Å². The zero-order valence-corrected chi connectivity index (χ0v) is 16.0. The number of aromatic nitrogens is 3. The minimum atomic E-state index is -0.245. The topological polar surface area (TPSA) is 91.9 Å². The van der Waals surface area contributed by atoms with E-state index in [2.05, 4.69) is 31.9 Å². The molecule has 0 bridgehead atoms. The molecule has 3 N–H and O–H groups in total. The third-order valence-electron chi connectivity index (χ3n) is 4.59. The molecule has 7 heteroatoms. The lowest BCUT2D eigenvalue weighted by atomic mass is 10.1. The predicted molar refractivity (Wildman–Crippen MR) is 113 cm³/mol. The first-order chi connectivity index (χ1) is 14.2. The number of methoxy groups -OCH3 is 1. The van der Waals surface area contributed by atoms with Gasteiger partial charge >= 0.3 is 0 Å². The number of nitrogens with zero attached hydrogens (tertiary/aromatic N) is 2. The van der Waals surface area contributed by atoms with Gasteiger partial charge in [0, 0.05) is 35.4 Å². The zero-order valence-electron chi connectivity index (χ0n) is 16.0. The van der Waals surface area contributed by atoms with E-state index in [4.69, 9.17) is 4.74 Å². The molecule has 0 radical (unpaired) electrons. The molecule has 29 heavy (non-hydrogen) atoms. The van der Waals surface area contributed by atoms with Crippen LogP contribution in [-0.4, -0.2) is 34.7 Å². The molecule has 0 aliphatic carbocycles. The van der Waals surface area contributed by atoms with E-state index in [1.165, 1.54) is 10.9 Å². The van der Waals surface area contributed by atoms with E-state index < -0.39 is 0 Å². The van der Waals surface area contributed by atoms with Crippen LogP contribution in [0.4, 0.5) is 11.5 Å². The summed E-state index contributed by atoms with van der Waals surface area (Å²) in [5, 5.41) is 15.3. The van der Waals surface area contributed by atoms with Gasteiger partial charge in [0.25, 0.3) is 5.91 Å². The van der Waals surface area contributed by atoms with Gasteiger partial charge in [-0.15, -0.1) is 10.2 Å². The summed E-state index contributed by atoms with van der Waals surface area (Å²) < 4.78 is 5.20. The van der Waals surface area contributed by atoms with Crippen LogP contribution in [0.25, 0.3) is 10.9 Å². The molecule has 1 amide bonds. The van der Waals surface area contributed by atoms with Gasteiger partial charge in [0.15, 0.2) is 11.5 Å². The van der Waals surface area contributed by atoms with Gasteiger partial charge in [0.05, 0.1) is 7.11 Å². The van der Waals surface area contributed by atoms with Crippen molar-refractivity contribution >= 4 is 28.3 Å². The van der Waals surface area contributed by atoms with Gasteiger partial charge < -0.3 is 20.4 Å². The Balaban J connectivity index is 1.33. The maximum Gasteiger partial charge on any atom is 0.271 e. The highest BCUT2D eigenvalue weighted by Gasteiger charge is 2.09. The number of nitrogens with one attached hydrogen (secondary N) is 3. The van der Waals surface area contributed by atoms with Gasteiger partial charge in [-0.3, -0.25) is 4.79 Å². The number of carbonyl (C=O) groups is 1. The van der Waals surface area contributed by atoms with Crippen molar-refractivity contribution in [2.75, 3.05) is 19.0 Å². The Morgan fingerprint density at radius 3 is 2.79 bits per heavy atom. The number of H-pyrrole nitrogens is 1. The number of ether oxygens (including phenoxy) is 1. The second-order valence-corrected chi connectivity index (χ2v) is 6.53. The molecule has 2 aromatic heterocycles. The zero-order chi connectivity index (χ0) is 20.1. The van der Waals surface area contributed by atoms with E-state index in [1.54, 1.807) is 19.2 Å². The van der Waals surface area contributed by atoms with Crippen LogP contribution in [-0.2, 0) is 6.42 Å². The molecule has 0 saturated heterocycles. The van der Waals surface area contributed by atoms with Gasteiger partial charge in [-0.05, 0) is 42.3 Å². The van der Waals surface area contributed by atoms with E-state index in [0.29, 0.717) is 12.4 Å². The summed E-state index contributed by atoms with van der Waals surface area (Å²) in [6.45, 7) is 0.520. The molecule has 2 heterocycles. The van der Waals surface area contributed by atoms with Crippen LogP contribution >= 0.6 is 0 Å². The van der Waals surface area contributed by atoms with Crippen molar-refractivity contribution in [2.24, 2.45) is 0 Å². The van der Waals surface area contributed by atoms with Crippen LogP contribution < -0.4 is 15.4 Å². The largest absolute Gasteiger partial charge is 0.497 e. The molecule has 0 spiro atoms. The molecular formula is C22H21N5O2. The Labute approximate surface area is 168 Å². The lowest BCUT2D eigenvalue weighted by molar-refractivity contribution is 0.0948. The van der Waals surface area contributed by atoms with Gasteiger partial charge in [-0.2, -0.15) is 0 Å². The Morgan fingerprint density at radius 1 is 1.07 bits per heavy atom. The number of para-hydroxylation sites is 1. The SMILES string of the molecule is COc1cccc(Nc2ccc(C(=O)NCCc3c[nH]c4ccccc34)nn2)c1. The average Bonchev–Trinajstić information content (AvgIpc) is 3.17. The summed E-state index contributed by atoms with van der Waals surface area (Å²) in [5.74, 6) is 1.05. The van der Waals surface area contributed by atoms with Crippen molar-refractivity contribution in [1.82, 2.24) is 20.5 Å². The molecular weight excluding hydrogens is 366 g/mol. The number of hydrogen-bond acceptors (Lipinski definition) is 5. The Hall–Kier alpha value is -3.87. The molecule has 0 fully saturated rings. The van der Waals surface area contributed by atoms with Crippen LogP contribution in [0.3, 0.4) is 0 Å². The van der Waals surface area contributed by atoms with Crippen molar-refractivity contribution in [2.45, 2.75) is 6.42 Å². The van der Waals surface area contributed by atoms with Crippen molar-refractivity contribution in [3.8, 4) is 5.75 Å². The van der Waals surface area contributed by atoms with Crippen molar-refractivity contribution in [3.63, 3.8) is 0 Å². The summed E-state index contributed by atoms with van der Waals surface area (Å²) in [7, 11) is 1.62. The predicted octanol–water partition coefficient (Wildman–Crippen LogP) is 3.68. The number of aromatic amines is 1. The maximum atomic E-state index is 12.3. The number of benzene rings is 2. The van der Waals surface area contributed by atoms with Crippen LogP contribution in [0.2, 0.25) is 0 Å². The molecule has 0 atom stereocenters. The number of amides is 1. The molecule has 0 unspecified atom stereocenters. The average molecular weight is 387 g/mol.